The number of carbonyl (C=O) groups excluding carboxylic acids is 2. The van der Waals surface area contributed by atoms with Crippen molar-refractivity contribution < 1.29 is 38.7 Å². The summed E-state index contributed by atoms with van der Waals surface area (Å²) in [7, 11) is 2.57. The van der Waals surface area contributed by atoms with Crippen LogP contribution in [0.5, 0.6) is 23.0 Å². The first kappa shape index (κ1) is 34.6. The Kier molecular flexibility index (Phi) is 18.5. The summed E-state index contributed by atoms with van der Waals surface area (Å²) in [6.07, 6.45) is 14.4. The number of ether oxygens (including phenoxy) is 4. The molecule has 0 aromatic heterocycles. The highest BCUT2D eigenvalue weighted by atomic mass is 16.5. The van der Waals surface area contributed by atoms with E-state index in [4.69, 9.17) is 9.47 Å². The molecule has 0 saturated heterocycles. The molecular weight excluding hydrogens is 512 g/mol. The minimum Gasteiger partial charge on any atom is -0.507 e. The van der Waals surface area contributed by atoms with Crippen molar-refractivity contribution in [2.24, 2.45) is 0 Å². The molecule has 2 aromatic rings. The van der Waals surface area contributed by atoms with Crippen LogP contribution < -0.4 is 9.47 Å². The van der Waals surface area contributed by atoms with Gasteiger partial charge in [-0.2, -0.15) is 0 Å². The standard InChI is InChI=1S/2C16H24O4/c2*1-3-4-5-6-7-8-11-20-13-9-10-15(17)14(12-13)16(18)19-2/h2*9-10,12,17H,3-8,11H2,1-2H3. The minimum absolute atomic E-state index is 0.0937. The molecule has 2 rings (SSSR count). The first-order valence-corrected chi connectivity index (χ1v) is 14.5. The summed E-state index contributed by atoms with van der Waals surface area (Å²) < 4.78 is 20.4. The van der Waals surface area contributed by atoms with E-state index in [2.05, 4.69) is 23.3 Å². The molecule has 0 aliphatic heterocycles. The number of benzene rings is 2. The van der Waals surface area contributed by atoms with E-state index in [-0.39, 0.29) is 22.6 Å². The van der Waals surface area contributed by atoms with Crippen molar-refractivity contribution >= 4 is 11.9 Å². The number of hydrogen-bond acceptors (Lipinski definition) is 8. The van der Waals surface area contributed by atoms with Crippen molar-refractivity contribution in [2.45, 2.75) is 90.9 Å². The van der Waals surface area contributed by atoms with Crippen LogP contribution in [0.4, 0.5) is 0 Å². The first-order chi connectivity index (χ1) is 19.4. The summed E-state index contributed by atoms with van der Waals surface area (Å²) >= 11 is 0. The Morgan fingerprint density at radius 2 is 0.925 bits per heavy atom. The fourth-order valence-corrected chi connectivity index (χ4v) is 3.90. The maximum atomic E-state index is 11.4. The number of phenols is 2. The predicted octanol–water partition coefficient (Wildman–Crippen LogP) is 7.84. The summed E-state index contributed by atoms with van der Waals surface area (Å²) in [5.74, 6) is -0.152. The Balaban J connectivity index is 0.000000400. The average Bonchev–Trinajstić information content (AvgIpc) is 2.97. The predicted molar refractivity (Wildman–Crippen MR) is 157 cm³/mol. The molecule has 2 aromatic carbocycles. The van der Waals surface area contributed by atoms with E-state index in [1.54, 1.807) is 12.1 Å². The molecule has 8 nitrogen and oxygen atoms in total. The normalized spacial score (nSPS) is 10.3. The van der Waals surface area contributed by atoms with Crippen molar-refractivity contribution in [1.29, 1.82) is 0 Å². The summed E-state index contributed by atoms with van der Waals surface area (Å²) in [5, 5.41) is 19.1. The molecule has 224 valence electrons. The fraction of sp³-hybridized carbons (Fsp3) is 0.562. The van der Waals surface area contributed by atoms with Gasteiger partial charge in [0.2, 0.25) is 0 Å². The molecule has 0 amide bonds. The van der Waals surface area contributed by atoms with Gasteiger partial charge < -0.3 is 29.2 Å². The van der Waals surface area contributed by atoms with Gasteiger partial charge in [0.25, 0.3) is 0 Å². The van der Waals surface area contributed by atoms with Crippen LogP contribution in [-0.2, 0) is 9.47 Å². The first-order valence-electron chi connectivity index (χ1n) is 14.5. The van der Waals surface area contributed by atoms with Gasteiger partial charge in [0.05, 0.1) is 27.4 Å². The monoisotopic (exact) mass is 560 g/mol. The second-order valence-corrected chi connectivity index (χ2v) is 9.57. The number of aromatic hydroxyl groups is 2. The molecular formula is C32H48O8. The molecule has 8 heteroatoms. The van der Waals surface area contributed by atoms with Crippen molar-refractivity contribution in [2.75, 3.05) is 27.4 Å². The molecule has 0 aliphatic rings. The number of unbranched alkanes of at least 4 members (excludes halogenated alkanes) is 10. The van der Waals surface area contributed by atoms with E-state index in [9.17, 15) is 19.8 Å². The Morgan fingerprint density at radius 3 is 1.27 bits per heavy atom. The second kappa shape index (κ2) is 21.4. The molecule has 0 saturated carbocycles. The van der Waals surface area contributed by atoms with Gasteiger partial charge in [-0.25, -0.2) is 9.59 Å². The van der Waals surface area contributed by atoms with E-state index >= 15 is 0 Å². The largest absolute Gasteiger partial charge is 0.507 e. The summed E-state index contributed by atoms with van der Waals surface area (Å²) in [6.45, 7) is 5.65. The van der Waals surface area contributed by atoms with Crippen LogP contribution in [0.1, 0.15) is 112 Å². The maximum Gasteiger partial charge on any atom is 0.341 e. The number of esters is 2. The van der Waals surface area contributed by atoms with Crippen LogP contribution >= 0.6 is 0 Å². The summed E-state index contributed by atoms with van der Waals surface area (Å²) in [5.41, 5.74) is 0.265. The molecule has 0 fully saturated rings. The van der Waals surface area contributed by atoms with Gasteiger partial charge in [0, 0.05) is 0 Å². The van der Waals surface area contributed by atoms with E-state index in [0.29, 0.717) is 24.7 Å². The number of phenolic OH excluding ortho intramolecular Hbond substituents is 2. The van der Waals surface area contributed by atoms with E-state index < -0.39 is 11.9 Å². The van der Waals surface area contributed by atoms with Crippen LogP contribution in [-0.4, -0.2) is 49.6 Å². The fourth-order valence-electron chi connectivity index (χ4n) is 3.90. The molecule has 0 spiro atoms. The van der Waals surface area contributed by atoms with Gasteiger partial charge in [-0.3, -0.25) is 0 Å². The summed E-state index contributed by atoms with van der Waals surface area (Å²) in [6, 6.07) is 9.22. The maximum absolute atomic E-state index is 11.4. The van der Waals surface area contributed by atoms with Gasteiger partial charge >= 0.3 is 11.9 Å². The van der Waals surface area contributed by atoms with Crippen LogP contribution in [0.15, 0.2) is 36.4 Å². The van der Waals surface area contributed by atoms with Crippen LogP contribution in [0.25, 0.3) is 0 Å². The molecule has 0 unspecified atom stereocenters. The Labute approximate surface area is 239 Å². The molecule has 2 N–H and O–H groups in total. The van der Waals surface area contributed by atoms with Gasteiger partial charge in [0.15, 0.2) is 0 Å². The average molecular weight is 561 g/mol. The number of hydrogen-bond donors (Lipinski definition) is 2. The highest BCUT2D eigenvalue weighted by molar-refractivity contribution is 5.93. The Hall–Kier alpha value is -3.42. The topological polar surface area (TPSA) is 112 Å². The molecule has 0 atom stereocenters. The van der Waals surface area contributed by atoms with Crippen molar-refractivity contribution in [1.82, 2.24) is 0 Å². The number of methoxy groups -OCH3 is 2. The zero-order chi connectivity index (χ0) is 29.6. The highest BCUT2D eigenvalue weighted by Crippen LogP contribution is 2.25. The van der Waals surface area contributed by atoms with Crippen molar-refractivity contribution in [3.8, 4) is 23.0 Å². The van der Waals surface area contributed by atoms with Crippen LogP contribution in [0.3, 0.4) is 0 Å². The lowest BCUT2D eigenvalue weighted by Crippen LogP contribution is -2.03. The third-order valence-electron chi connectivity index (χ3n) is 6.28. The van der Waals surface area contributed by atoms with Gasteiger partial charge in [-0.1, -0.05) is 78.1 Å². The molecule has 0 aliphatic carbocycles. The van der Waals surface area contributed by atoms with Gasteiger partial charge in [0.1, 0.15) is 34.1 Å². The molecule has 40 heavy (non-hydrogen) atoms. The van der Waals surface area contributed by atoms with E-state index in [0.717, 1.165) is 25.7 Å². The smallest absolute Gasteiger partial charge is 0.341 e. The minimum atomic E-state index is -0.562. The zero-order valence-corrected chi connectivity index (χ0v) is 24.7. The van der Waals surface area contributed by atoms with Crippen LogP contribution in [0, 0.1) is 0 Å². The number of carbonyl (C=O) groups is 2. The third kappa shape index (κ3) is 14.1. The van der Waals surface area contributed by atoms with Crippen LogP contribution in [0.2, 0.25) is 0 Å². The molecule has 0 heterocycles. The SMILES string of the molecule is CCCCCCCCOc1ccc(O)c(C(=O)OC)c1.CCCCCCCCOc1ccc(O)c(C(=O)OC)c1. The molecule has 0 radical (unpaired) electrons. The highest BCUT2D eigenvalue weighted by Gasteiger charge is 2.13. The summed E-state index contributed by atoms with van der Waals surface area (Å²) in [4.78, 5) is 22.9. The second-order valence-electron chi connectivity index (χ2n) is 9.57. The Morgan fingerprint density at radius 1 is 0.575 bits per heavy atom. The molecule has 0 bridgehead atoms. The van der Waals surface area contributed by atoms with Gasteiger partial charge in [-0.05, 0) is 49.2 Å². The lowest BCUT2D eigenvalue weighted by atomic mass is 10.1. The number of rotatable bonds is 18. The van der Waals surface area contributed by atoms with E-state index in [1.165, 1.54) is 89.9 Å². The lowest BCUT2D eigenvalue weighted by molar-refractivity contribution is 0.0587. The quantitative estimate of drug-likeness (QED) is 0.140. The van der Waals surface area contributed by atoms with Gasteiger partial charge in [-0.15, -0.1) is 0 Å². The Bertz CT molecular complexity index is 909. The lowest BCUT2D eigenvalue weighted by Gasteiger charge is -2.08. The van der Waals surface area contributed by atoms with Crippen molar-refractivity contribution in [3.05, 3.63) is 47.5 Å². The van der Waals surface area contributed by atoms with Crippen molar-refractivity contribution in [3.63, 3.8) is 0 Å². The van der Waals surface area contributed by atoms with E-state index in [1.807, 2.05) is 0 Å². The zero-order valence-electron chi connectivity index (χ0n) is 24.7. The third-order valence-corrected chi connectivity index (χ3v) is 6.28.